The highest BCUT2D eigenvalue weighted by molar-refractivity contribution is 9.10. The van der Waals surface area contributed by atoms with Crippen molar-refractivity contribution in [1.82, 2.24) is 4.98 Å². The zero-order chi connectivity index (χ0) is 15.5. The Balaban J connectivity index is 2.15. The third kappa shape index (κ3) is 3.00. The Labute approximate surface area is 139 Å². The highest BCUT2D eigenvalue weighted by Gasteiger charge is 2.15. The fraction of sp³-hybridized carbons (Fsp3) is 0.211. The predicted octanol–water partition coefficient (Wildman–Crippen LogP) is 5.52. The van der Waals surface area contributed by atoms with E-state index in [4.69, 9.17) is 4.99 Å². The van der Waals surface area contributed by atoms with Crippen LogP contribution >= 0.6 is 15.9 Å². The number of allylic oxidation sites excluding steroid dienone is 2. The van der Waals surface area contributed by atoms with Crippen LogP contribution in [-0.2, 0) is 6.42 Å². The van der Waals surface area contributed by atoms with Crippen LogP contribution in [-0.4, -0.2) is 10.7 Å². The van der Waals surface area contributed by atoms with Crippen molar-refractivity contribution in [2.75, 3.05) is 0 Å². The highest BCUT2D eigenvalue weighted by atomic mass is 79.9. The summed E-state index contributed by atoms with van der Waals surface area (Å²) >= 11 is 3.50. The van der Waals surface area contributed by atoms with Gasteiger partial charge in [-0.15, -0.1) is 0 Å². The van der Waals surface area contributed by atoms with Crippen molar-refractivity contribution in [3.8, 4) is 0 Å². The van der Waals surface area contributed by atoms with E-state index in [2.05, 4.69) is 83.3 Å². The van der Waals surface area contributed by atoms with Crippen molar-refractivity contribution in [2.45, 2.75) is 26.7 Å². The summed E-state index contributed by atoms with van der Waals surface area (Å²) in [6.45, 7) is 4.29. The smallest absolute Gasteiger partial charge is 0.0732 e. The molecule has 0 unspecified atom stereocenters. The van der Waals surface area contributed by atoms with Gasteiger partial charge in [0.1, 0.15) is 0 Å². The third-order valence-electron chi connectivity index (χ3n) is 3.85. The van der Waals surface area contributed by atoms with Crippen molar-refractivity contribution in [3.05, 3.63) is 75.7 Å². The predicted molar refractivity (Wildman–Crippen MR) is 97.2 cm³/mol. The maximum Gasteiger partial charge on any atom is 0.0732 e. The molecule has 0 aliphatic carbocycles. The van der Waals surface area contributed by atoms with Crippen molar-refractivity contribution in [3.63, 3.8) is 0 Å². The van der Waals surface area contributed by atoms with Gasteiger partial charge in [-0.3, -0.25) is 4.99 Å². The van der Waals surface area contributed by atoms with Crippen molar-refractivity contribution in [2.24, 2.45) is 4.99 Å². The molecule has 3 rings (SSSR count). The molecular weight excluding hydrogens is 336 g/mol. The number of nitrogens with one attached hydrogen (secondary N) is 1. The normalized spacial score (nSPS) is 16.0. The lowest BCUT2D eigenvalue weighted by atomic mass is 10.0. The van der Waals surface area contributed by atoms with Gasteiger partial charge in [0.25, 0.3) is 0 Å². The van der Waals surface area contributed by atoms with E-state index >= 15 is 0 Å². The van der Waals surface area contributed by atoms with E-state index in [1.54, 1.807) is 0 Å². The first-order valence-electron chi connectivity index (χ1n) is 7.65. The van der Waals surface area contributed by atoms with Gasteiger partial charge in [-0.1, -0.05) is 41.9 Å². The number of aromatic nitrogens is 1. The molecule has 1 N–H and O–H groups in total. The summed E-state index contributed by atoms with van der Waals surface area (Å²) in [4.78, 5) is 8.28. The van der Waals surface area contributed by atoms with Crippen molar-refractivity contribution >= 4 is 27.2 Å². The number of benzene rings is 1. The number of hydrogen-bond acceptors (Lipinski definition) is 1. The van der Waals surface area contributed by atoms with E-state index in [-0.39, 0.29) is 0 Å². The monoisotopic (exact) mass is 354 g/mol. The Morgan fingerprint density at radius 2 is 1.77 bits per heavy atom. The maximum atomic E-state index is 4.77. The van der Waals surface area contributed by atoms with E-state index < -0.39 is 0 Å². The molecule has 2 aromatic rings. The van der Waals surface area contributed by atoms with E-state index in [0.29, 0.717) is 0 Å². The van der Waals surface area contributed by atoms with Crippen LogP contribution in [0.15, 0.2) is 63.7 Å². The highest BCUT2D eigenvalue weighted by Crippen LogP contribution is 2.31. The van der Waals surface area contributed by atoms with Crippen LogP contribution in [0.25, 0.3) is 5.57 Å². The molecule has 0 saturated carbocycles. The van der Waals surface area contributed by atoms with E-state index in [1.807, 2.05) is 0 Å². The van der Waals surface area contributed by atoms with Crippen LogP contribution in [0, 0.1) is 0 Å². The average molecular weight is 355 g/mol. The standard InChI is InChI=1S/C19H19BrN2/c1-3-15-9-11-17(21-15)19(13-5-7-14(20)8-6-13)18-12-10-16(4-2)22-18/h5-12,21H,3-4H2,1-2H3/b19-18-. The first-order valence-corrected chi connectivity index (χ1v) is 8.44. The summed E-state index contributed by atoms with van der Waals surface area (Å²) in [6, 6.07) is 12.7. The maximum absolute atomic E-state index is 4.77. The molecule has 0 spiro atoms. The molecule has 2 heterocycles. The molecule has 2 nitrogen and oxygen atoms in total. The largest absolute Gasteiger partial charge is 0.358 e. The molecule has 0 radical (unpaired) electrons. The van der Waals surface area contributed by atoms with Crippen LogP contribution in [0.5, 0.6) is 0 Å². The minimum Gasteiger partial charge on any atom is -0.358 e. The quantitative estimate of drug-likeness (QED) is 0.748. The molecule has 1 aromatic heterocycles. The summed E-state index contributed by atoms with van der Waals surface area (Å²) in [6.07, 6.45) is 6.18. The summed E-state index contributed by atoms with van der Waals surface area (Å²) in [5.41, 5.74) is 6.86. The fourth-order valence-electron chi connectivity index (χ4n) is 2.59. The Bertz CT molecular complexity index is 761. The van der Waals surface area contributed by atoms with Gasteiger partial charge < -0.3 is 4.98 Å². The number of aliphatic imine (C=N–C) groups is 1. The molecule has 112 valence electrons. The Kier molecular flexibility index (Phi) is 4.44. The number of halogens is 1. The van der Waals surface area contributed by atoms with Gasteiger partial charge >= 0.3 is 0 Å². The topological polar surface area (TPSA) is 28.1 Å². The Hall–Kier alpha value is -1.87. The lowest BCUT2D eigenvalue weighted by molar-refractivity contribution is 1.06. The lowest BCUT2D eigenvalue weighted by Crippen LogP contribution is -1.93. The van der Waals surface area contributed by atoms with Gasteiger partial charge in [0.2, 0.25) is 0 Å². The Morgan fingerprint density at radius 3 is 2.36 bits per heavy atom. The first kappa shape index (κ1) is 15.0. The molecule has 0 amide bonds. The SMILES string of the molecule is CCC1=N/C(=C(/c2ccc(Br)cc2)c2ccc(CC)[nH]2)C=C1. The number of aromatic amines is 1. The second kappa shape index (κ2) is 6.49. The zero-order valence-electron chi connectivity index (χ0n) is 12.9. The van der Waals surface area contributed by atoms with E-state index in [0.717, 1.165) is 40.0 Å². The van der Waals surface area contributed by atoms with E-state index in [9.17, 15) is 0 Å². The number of aryl methyl sites for hydroxylation is 1. The van der Waals surface area contributed by atoms with Gasteiger partial charge in [-0.25, -0.2) is 0 Å². The molecule has 22 heavy (non-hydrogen) atoms. The molecular formula is C19H19BrN2. The van der Waals surface area contributed by atoms with Crippen molar-refractivity contribution in [1.29, 1.82) is 0 Å². The van der Waals surface area contributed by atoms with Crippen LogP contribution in [0.3, 0.4) is 0 Å². The van der Waals surface area contributed by atoms with Crippen molar-refractivity contribution < 1.29 is 0 Å². The van der Waals surface area contributed by atoms with Crippen LogP contribution in [0.1, 0.15) is 37.2 Å². The minimum absolute atomic E-state index is 0.957. The molecule has 0 fully saturated rings. The van der Waals surface area contributed by atoms with Crippen LogP contribution in [0.2, 0.25) is 0 Å². The van der Waals surface area contributed by atoms with Crippen LogP contribution < -0.4 is 0 Å². The summed E-state index contributed by atoms with van der Waals surface area (Å²) in [5.74, 6) is 0. The lowest BCUT2D eigenvalue weighted by Gasteiger charge is -2.09. The second-order valence-corrected chi connectivity index (χ2v) is 6.22. The second-order valence-electron chi connectivity index (χ2n) is 5.31. The molecule has 3 heteroatoms. The van der Waals surface area contributed by atoms with Crippen LogP contribution in [0.4, 0.5) is 0 Å². The van der Waals surface area contributed by atoms with Gasteiger partial charge in [0, 0.05) is 27.1 Å². The third-order valence-corrected chi connectivity index (χ3v) is 4.37. The first-order chi connectivity index (χ1) is 10.7. The molecule has 1 aliphatic heterocycles. The molecule has 1 aromatic carbocycles. The summed E-state index contributed by atoms with van der Waals surface area (Å²) < 4.78 is 1.08. The van der Waals surface area contributed by atoms with E-state index in [1.165, 1.54) is 11.3 Å². The number of nitrogens with zero attached hydrogens (tertiary/aromatic N) is 1. The molecule has 0 bridgehead atoms. The number of hydrogen-bond donors (Lipinski definition) is 1. The van der Waals surface area contributed by atoms with Gasteiger partial charge in [0.15, 0.2) is 0 Å². The van der Waals surface area contributed by atoms with Gasteiger partial charge in [-0.2, -0.15) is 0 Å². The minimum atomic E-state index is 0.957. The average Bonchev–Trinajstić information content (AvgIpc) is 3.19. The summed E-state index contributed by atoms with van der Waals surface area (Å²) in [5, 5.41) is 0. The molecule has 0 atom stereocenters. The van der Waals surface area contributed by atoms with Gasteiger partial charge in [0.05, 0.1) is 5.70 Å². The number of rotatable bonds is 4. The molecule has 0 saturated heterocycles. The Morgan fingerprint density at radius 1 is 1.00 bits per heavy atom. The zero-order valence-corrected chi connectivity index (χ0v) is 14.4. The molecule has 1 aliphatic rings. The summed E-state index contributed by atoms with van der Waals surface area (Å²) in [7, 11) is 0. The van der Waals surface area contributed by atoms with Gasteiger partial charge in [-0.05, 0) is 54.8 Å². The number of H-pyrrole nitrogens is 1. The fourth-order valence-corrected chi connectivity index (χ4v) is 2.86.